The van der Waals surface area contributed by atoms with Crippen LogP contribution in [0.1, 0.15) is 37.8 Å². The van der Waals surface area contributed by atoms with Crippen molar-refractivity contribution < 1.29 is 13.5 Å². The van der Waals surface area contributed by atoms with E-state index in [-0.39, 0.29) is 17.5 Å². The van der Waals surface area contributed by atoms with Gasteiger partial charge in [0.05, 0.1) is 11.5 Å². The highest BCUT2D eigenvalue weighted by atomic mass is 32.2. The number of benzene rings is 1. The maximum absolute atomic E-state index is 12.5. The fourth-order valence-corrected chi connectivity index (χ4v) is 3.42. The molecule has 0 aliphatic rings. The second-order valence-corrected chi connectivity index (χ2v) is 6.90. The first-order chi connectivity index (χ1) is 8.84. The molecule has 1 atom stereocenters. The van der Waals surface area contributed by atoms with Gasteiger partial charge in [-0.2, -0.15) is 4.31 Å². The van der Waals surface area contributed by atoms with Gasteiger partial charge >= 0.3 is 0 Å². The van der Waals surface area contributed by atoms with Gasteiger partial charge in [0.2, 0.25) is 10.0 Å². The molecule has 0 radical (unpaired) electrons. The molecular weight excluding hydrogens is 262 g/mol. The number of hydrogen-bond donors (Lipinski definition) is 1. The van der Waals surface area contributed by atoms with Gasteiger partial charge in [-0.3, -0.25) is 0 Å². The van der Waals surface area contributed by atoms with Crippen LogP contribution in [0.3, 0.4) is 0 Å². The molecule has 4 nitrogen and oxygen atoms in total. The molecule has 0 aliphatic heterocycles. The van der Waals surface area contributed by atoms with E-state index in [9.17, 15) is 13.5 Å². The minimum Gasteiger partial charge on any atom is -0.392 e. The second kappa shape index (κ2) is 6.50. The molecule has 0 fully saturated rings. The highest BCUT2D eigenvalue weighted by molar-refractivity contribution is 7.89. The summed E-state index contributed by atoms with van der Waals surface area (Å²) in [5, 5.41) is 9.23. The molecule has 5 heteroatoms. The van der Waals surface area contributed by atoms with Crippen LogP contribution in [0, 0.1) is 6.92 Å². The fraction of sp³-hybridized carbons (Fsp3) is 0.571. The van der Waals surface area contributed by atoms with Crippen molar-refractivity contribution in [3.05, 3.63) is 29.3 Å². The first kappa shape index (κ1) is 16.1. The molecule has 0 spiro atoms. The van der Waals surface area contributed by atoms with E-state index < -0.39 is 10.0 Å². The summed E-state index contributed by atoms with van der Waals surface area (Å²) in [7, 11) is -1.88. The van der Waals surface area contributed by atoms with Crippen LogP contribution in [-0.2, 0) is 16.6 Å². The Hall–Kier alpha value is -0.910. The number of hydrogen-bond acceptors (Lipinski definition) is 3. The van der Waals surface area contributed by atoms with Gasteiger partial charge in [0, 0.05) is 13.1 Å². The fourth-order valence-electron chi connectivity index (χ4n) is 1.98. The van der Waals surface area contributed by atoms with E-state index in [0.29, 0.717) is 5.56 Å². The summed E-state index contributed by atoms with van der Waals surface area (Å²) < 4.78 is 26.3. The van der Waals surface area contributed by atoms with E-state index in [4.69, 9.17) is 0 Å². The van der Waals surface area contributed by atoms with Gasteiger partial charge < -0.3 is 5.11 Å². The third-order valence-electron chi connectivity index (χ3n) is 3.50. The Morgan fingerprint density at radius 1 is 1.37 bits per heavy atom. The Kier molecular flexibility index (Phi) is 5.52. The van der Waals surface area contributed by atoms with Crippen molar-refractivity contribution in [3.63, 3.8) is 0 Å². The van der Waals surface area contributed by atoms with E-state index in [0.717, 1.165) is 18.4 Å². The first-order valence-electron chi connectivity index (χ1n) is 6.53. The minimum absolute atomic E-state index is 0.0334. The predicted octanol–water partition coefficient (Wildman–Crippen LogP) is 2.30. The molecular formula is C14H23NO3S. The van der Waals surface area contributed by atoms with Crippen LogP contribution in [0.2, 0.25) is 0 Å². The quantitative estimate of drug-likeness (QED) is 0.872. The van der Waals surface area contributed by atoms with Crippen molar-refractivity contribution in [2.45, 2.75) is 51.2 Å². The van der Waals surface area contributed by atoms with Gasteiger partial charge in [-0.25, -0.2) is 8.42 Å². The lowest BCUT2D eigenvalue weighted by molar-refractivity contribution is 0.280. The normalized spacial score (nSPS) is 13.8. The highest BCUT2D eigenvalue weighted by Gasteiger charge is 2.25. The average Bonchev–Trinajstić information content (AvgIpc) is 2.38. The van der Waals surface area contributed by atoms with E-state index in [1.54, 1.807) is 25.2 Å². The Bertz CT molecular complexity index is 525. The molecule has 0 saturated heterocycles. The zero-order valence-electron chi connectivity index (χ0n) is 12.0. The Morgan fingerprint density at radius 3 is 2.53 bits per heavy atom. The first-order valence-corrected chi connectivity index (χ1v) is 7.97. The summed E-state index contributed by atoms with van der Waals surface area (Å²) in [5.74, 6) is 0. The standard InChI is InChI=1S/C14H23NO3S/c1-5-6-12(3)15(4)19(17,18)14-8-7-11(2)13(9-14)10-16/h7-9,12,16H,5-6,10H2,1-4H3. The Labute approximate surface area is 116 Å². The SMILES string of the molecule is CCCC(C)N(C)S(=O)(=O)c1ccc(C)c(CO)c1. The summed E-state index contributed by atoms with van der Waals surface area (Å²) in [4.78, 5) is 0.243. The number of aryl methyl sites for hydroxylation is 1. The molecule has 0 saturated carbocycles. The highest BCUT2D eigenvalue weighted by Crippen LogP contribution is 2.21. The number of sulfonamides is 1. The molecule has 0 heterocycles. The molecule has 1 N–H and O–H groups in total. The van der Waals surface area contributed by atoms with E-state index >= 15 is 0 Å². The van der Waals surface area contributed by atoms with E-state index in [1.165, 1.54) is 4.31 Å². The number of aliphatic hydroxyl groups is 1. The van der Waals surface area contributed by atoms with Crippen LogP contribution in [0.15, 0.2) is 23.1 Å². The Balaban J connectivity index is 3.13. The molecule has 19 heavy (non-hydrogen) atoms. The summed E-state index contributed by atoms with van der Waals surface area (Å²) in [6.45, 7) is 5.64. The lowest BCUT2D eigenvalue weighted by Gasteiger charge is -2.24. The van der Waals surface area contributed by atoms with Gasteiger partial charge in [-0.05, 0) is 43.5 Å². The third kappa shape index (κ3) is 3.55. The minimum atomic E-state index is -3.49. The summed E-state index contributed by atoms with van der Waals surface area (Å²) in [6, 6.07) is 4.85. The van der Waals surface area contributed by atoms with Crippen LogP contribution >= 0.6 is 0 Å². The van der Waals surface area contributed by atoms with E-state index in [2.05, 4.69) is 0 Å². The van der Waals surface area contributed by atoms with Crippen molar-refractivity contribution in [1.29, 1.82) is 0 Å². The van der Waals surface area contributed by atoms with Gasteiger partial charge in [-0.15, -0.1) is 0 Å². The maximum Gasteiger partial charge on any atom is 0.243 e. The van der Waals surface area contributed by atoms with Crippen LogP contribution in [-0.4, -0.2) is 30.9 Å². The van der Waals surface area contributed by atoms with Gasteiger partial charge in [0.15, 0.2) is 0 Å². The summed E-state index contributed by atoms with van der Waals surface area (Å²) in [6.07, 6.45) is 1.77. The largest absolute Gasteiger partial charge is 0.392 e. The molecule has 1 rings (SSSR count). The summed E-state index contributed by atoms with van der Waals surface area (Å²) >= 11 is 0. The van der Waals surface area contributed by atoms with Gasteiger partial charge in [0.1, 0.15) is 0 Å². The Morgan fingerprint density at radius 2 is 2.00 bits per heavy atom. The lowest BCUT2D eigenvalue weighted by Crippen LogP contribution is -2.35. The van der Waals surface area contributed by atoms with Crippen molar-refractivity contribution in [2.24, 2.45) is 0 Å². The van der Waals surface area contributed by atoms with Crippen LogP contribution in [0.4, 0.5) is 0 Å². The zero-order chi connectivity index (χ0) is 14.6. The molecule has 0 aliphatic carbocycles. The monoisotopic (exact) mass is 285 g/mol. The molecule has 0 bridgehead atoms. The lowest BCUT2D eigenvalue weighted by atomic mass is 10.1. The van der Waals surface area contributed by atoms with Crippen molar-refractivity contribution in [2.75, 3.05) is 7.05 Å². The number of rotatable bonds is 6. The molecule has 1 aromatic carbocycles. The number of nitrogens with zero attached hydrogens (tertiary/aromatic N) is 1. The van der Waals surface area contributed by atoms with Crippen LogP contribution in [0.25, 0.3) is 0 Å². The van der Waals surface area contributed by atoms with Gasteiger partial charge in [-0.1, -0.05) is 19.4 Å². The zero-order valence-corrected chi connectivity index (χ0v) is 12.9. The molecule has 1 unspecified atom stereocenters. The van der Waals surface area contributed by atoms with Crippen molar-refractivity contribution >= 4 is 10.0 Å². The average molecular weight is 285 g/mol. The van der Waals surface area contributed by atoms with Gasteiger partial charge in [0.25, 0.3) is 0 Å². The van der Waals surface area contributed by atoms with E-state index in [1.807, 2.05) is 20.8 Å². The van der Waals surface area contributed by atoms with Crippen molar-refractivity contribution in [1.82, 2.24) is 4.31 Å². The molecule has 1 aromatic rings. The smallest absolute Gasteiger partial charge is 0.243 e. The predicted molar refractivity (Wildman–Crippen MR) is 76.4 cm³/mol. The third-order valence-corrected chi connectivity index (χ3v) is 5.46. The maximum atomic E-state index is 12.5. The second-order valence-electron chi connectivity index (χ2n) is 4.91. The van der Waals surface area contributed by atoms with Crippen LogP contribution < -0.4 is 0 Å². The molecule has 108 valence electrons. The van der Waals surface area contributed by atoms with Crippen molar-refractivity contribution in [3.8, 4) is 0 Å². The number of aliphatic hydroxyl groups excluding tert-OH is 1. The molecule has 0 aromatic heterocycles. The molecule has 0 amide bonds. The van der Waals surface area contributed by atoms with Crippen LogP contribution in [0.5, 0.6) is 0 Å². The summed E-state index contributed by atoms with van der Waals surface area (Å²) in [5.41, 5.74) is 1.54. The topological polar surface area (TPSA) is 57.6 Å².